The number of rotatable bonds is 8. The number of amides is 1. The first kappa shape index (κ1) is 18.2. The molecule has 0 aliphatic heterocycles. The van der Waals surface area contributed by atoms with E-state index in [1.807, 2.05) is 6.07 Å². The molecule has 0 fully saturated rings. The lowest BCUT2D eigenvalue weighted by Crippen LogP contribution is -2.29. The van der Waals surface area contributed by atoms with Gasteiger partial charge in [-0.1, -0.05) is 30.3 Å². The predicted molar refractivity (Wildman–Crippen MR) is 83.8 cm³/mol. The maximum absolute atomic E-state index is 12.5. The number of hydrogen-bond donors (Lipinski definition) is 2. The Labute approximate surface area is 142 Å². The minimum absolute atomic E-state index is 0.0490. The van der Waals surface area contributed by atoms with Crippen LogP contribution in [0.3, 0.4) is 0 Å². The topological polar surface area (TPSA) is 84.9 Å². The van der Waals surface area contributed by atoms with Gasteiger partial charge < -0.3 is 19.9 Å². The molecule has 0 aliphatic rings. The van der Waals surface area contributed by atoms with E-state index in [9.17, 15) is 18.4 Å². The van der Waals surface area contributed by atoms with E-state index in [1.165, 1.54) is 18.2 Å². The zero-order valence-electron chi connectivity index (χ0n) is 12.9. The molecule has 2 N–H and O–H groups in total. The molecule has 2 aromatic carbocycles. The second kappa shape index (κ2) is 8.62. The fourth-order valence-electron chi connectivity index (χ4n) is 1.95. The largest absolute Gasteiger partial charge is 0.485 e. The van der Waals surface area contributed by atoms with E-state index in [1.54, 1.807) is 24.3 Å². The van der Waals surface area contributed by atoms with E-state index >= 15 is 0 Å². The lowest BCUT2D eigenvalue weighted by molar-refractivity contribution is -0.135. The van der Waals surface area contributed by atoms with E-state index in [2.05, 4.69) is 10.1 Å². The predicted octanol–water partition coefficient (Wildman–Crippen LogP) is 2.68. The second-order valence-electron chi connectivity index (χ2n) is 4.89. The molecule has 0 heterocycles. The van der Waals surface area contributed by atoms with Crippen LogP contribution >= 0.6 is 0 Å². The first-order chi connectivity index (χ1) is 12.0. The number of benzene rings is 2. The minimum atomic E-state index is -3.05. The van der Waals surface area contributed by atoms with Gasteiger partial charge in [-0.25, -0.2) is 0 Å². The summed E-state index contributed by atoms with van der Waals surface area (Å²) >= 11 is 0. The van der Waals surface area contributed by atoms with Crippen molar-refractivity contribution >= 4 is 11.9 Å². The van der Waals surface area contributed by atoms with Crippen LogP contribution in [0.2, 0.25) is 0 Å². The normalized spacial score (nSPS) is 10.4. The summed E-state index contributed by atoms with van der Waals surface area (Å²) in [5, 5.41) is 10.8. The van der Waals surface area contributed by atoms with Crippen LogP contribution < -0.4 is 14.8 Å². The lowest BCUT2D eigenvalue weighted by atomic mass is 10.2. The first-order valence-electron chi connectivity index (χ1n) is 7.21. The van der Waals surface area contributed by atoms with Crippen LogP contribution in [0.25, 0.3) is 0 Å². The highest BCUT2D eigenvalue weighted by Crippen LogP contribution is 2.30. The van der Waals surface area contributed by atoms with E-state index in [0.29, 0.717) is 0 Å². The molecule has 0 aromatic heterocycles. The zero-order valence-corrected chi connectivity index (χ0v) is 12.9. The molecule has 0 saturated carbocycles. The SMILES string of the molecule is O=C(O)CNC(=O)c1ccc(OC(F)F)c(OCc2ccccc2)c1. The monoisotopic (exact) mass is 351 g/mol. The molecule has 0 spiro atoms. The van der Waals surface area contributed by atoms with Crippen LogP contribution in [0.4, 0.5) is 8.78 Å². The molecule has 2 rings (SSSR count). The van der Waals surface area contributed by atoms with Crippen molar-refractivity contribution < 1.29 is 33.0 Å². The third-order valence-corrected chi connectivity index (χ3v) is 3.06. The van der Waals surface area contributed by atoms with Gasteiger partial charge in [-0.3, -0.25) is 9.59 Å². The maximum atomic E-state index is 12.5. The van der Waals surface area contributed by atoms with Crippen molar-refractivity contribution in [2.24, 2.45) is 0 Å². The quantitative estimate of drug-likeness (QED) is 0.764. The summed E-state index contributed by atoms with van der Waals surface area (Å²) in [4.78, 5) is 22.4. The van der Waals surface area contributed by atoms with Gasteiger partial charge in [0.15, 0.2) is 11.5 Å². The molecule has 0 atom stereocenters. The summed E-state index contributed by atoms with van der Waals surface area (Å²) in [6.07, 6.45) is 0. The number of carbonyl (C=O) groups excluding carboxylic acids is 1. The first-order valence-corrected chi connectivity index (χ1v) is 7.21. The van der Waals surface area contributed by atoms with Crippen molar-refractivity contribution in [3.8, 4) is 11.5 Å². The van der Waals surface area contributed by atoms with Crippen LogP contribution in [-0.4, -0.2) is 30.1 Å². The highest BCUT2D eigenvalue weighted by atomic mass is 19.3. The summed E-state index contributed by atoms with van der Waals surface area (Å²) < 4.78 is 34.9. The van der Waals surface area contributed by atoms with Gasteiger partial charge in [-0.05, 0) is 23.8 Å². The van der Waals surface area contributed by atoms with Crippen LogP contribution in [0.1, 0.15) is 15.9 Å². The average molecular weight is 351 g/mol. The van der Waals surface area contributed by atoms with Crippen molar-refractivity contribution in [3.63, 3.8) is 0 Å². The highest BCUT2D eigenvalue weighted by molar-refractivity contribution is 5.96. The highest BCUT2D eigenvalue weighted by Gasteiger charge is 2.15. The van der Waals surface area contributed by atoms with Crippen LogP contribution in [-0.2, 0) is 11.4 Å². The van der Waals surface area contributed by atoms with Gasteiger partial charge in [0.25, 0.3) is 5.91 Å². The van der Waals surface area contributed by atoms with Crippen LogP contribution in [0.15, 0.2) is 48.5 Å². The van der Waals surface area contributed by atoms with Crippen molar-refractivity contribution in [1.29, 1.82) is 0 Å². The summed E-state index contributed by atoms with van der Waals surface area (Å²) in [6, 6.07) is 12.6. The maximum Gasteiger partial charge on any atom is 0.387 e. The van der Waals surface area contributed by atoms with E-state index in [0.717, 1.165) is 5.56 Å². The van der Waals surface area contributed by atoms with Gasteiger partial charge >= 0.3 is 12.6 Å². The molecule has 0 unspecified atom stereocenters. The fourth-order valence-corrected chi connectivity index (χ4v) is 1.95. The Bertz CT molecular complexity index is 737. The minimum Gasteiger partial charge on any atom is -0.485 e. The molecule has 132 valence electrons. The van der Waals surface area contributed by atoms with Crippen LogP contribution in [0.5, 0.6) is 11.5 Å². The average Bonchev–Trinajstić information content (AvgIpc) is 2.59. The van der Waals surface area contributed by atoms with E-state index in [-0.39, 0.29) is 23.7 Å². The second-order valence-corrected chi connectivity index (χ2v) is 4.89. The Kier molecular flexibility index (Phi) is 6.27. The number of aliphatic carboxylic acids is 1. The molecule has 0 bridgehead atoms. The number of alkyl halides is 2. The molecular weight excluding hydrogens is 336 g/mol. The number of carboxylic acids is 1. The summed E-state index contributed by atoms with van der Waals surface area (Å²) in [6.45, 7) is -3.53. The Morgan fingerprint density at radius 2 is 1.80 bits per heavy atom. The van der Waals surface area contributed by atoms with Gasteiger partial charge in [-0.15, -0.1) is 0 Å². The molecule has 0 aliphatic carbocycles. The standard InChI is InChI=1S/C17H15F2NO5/c18-17(19)25-13-7-6-12(16(23)20-9-15(21)22)8-14(13)24-10-11-4-2-1-3-5-11/h1-8,17H,9-10H2,(H,20,23)(H,21,22). The molecule has 2 aromatic rings. The molecule has 8 heteroatoms. The molecule has 1 amide bonds. The van der Waals surface area contributed by atoms with E-state index < -0.39 is 25.0 Å². The Morgan fingerprint density at radius 3 is 2.44 bits per heavy atom. The summed E-state index contributed by atoms with van der Waals surface area (Å²) in [5.41, 5.74) is 0.858. The third kappa shape index (κ3) is 5.76. The molecular formula is C17H15F2NO5. The van der Waals surface area contributed by atoms with Gasteiger partial charge in [0.2, 0.25) is 0 Å². The lowest BCUT2D eigenvalue weighted by Gasteiger charge is -2.13. The summed E-state index contributed by atoms with van der Waals surface area (Å²) in [7, 11) is 0. The van der Waals surface area contributed by atoms with Crippen molar-refractivity contribution in [2.45, 2.75) is 13.2 Å². The van der Waals surface area contributed by atoms with Gasteiger partial charge in [0, 0.05) is 5.56 Å². The van der Waals surface area contributed by atoms with Gasteiger partial charge in [0.1, 0.15) is 13.2 Å². The van der Waals surface area contributed by atoms with Crippen molar-refractivity contribution in [2.75, 3.05) is 6.54 Å². The number of carbonyl (C=O) groups is 2. The third-order valence-electron chi connectivity index (χ3n) is 3.06. The van der Waals surface area contributed by atoms with Crippen molar-refractivity contribution in [1.82, 2.24) is 5.32 Å². The number of nitrogens with one attached hydrogen (secondary N) is 1. The molecule has 0 saturated heterocycles. The summed E-state index contributed by atoms with van der Waals surface area (Å²) in [5.74, 6) is -2.14. The smallest absolute Gasteiger partial charge is 0.387 e. The van der Waals surface area contributed by atoms with Gasteiger partial charge in [0.05, 0.1) is 0 Å². The van der Waals surface area contributed by atoms with E-state index in [4.69, 9.17) is 9.84 Å². The fraction of sp³-hybridized carbons (Fsp3) is 0.176. The Hall–Kier alpha value is -3.16. The molecule has 6 nitrogen and oxygen atoms in total. The van der Waals surface area contributed by atoms with Gasteiger partial charge in [-0.2, -0.15) is 8.78 Å². The Morgan fingerprint density at radius 1 is 1.08 bits per heavy atom. The molecule has 25 heavy (non-hydrogen) atoms. The number of hydrogen-bond acceptors (Lipinski definition) is 4. The van der Waals surface area contributed by atoms with Crippen molar-refractivity contribution in [3.05, 3.63) is 59.7 Å². The number of ether oxygens (including phenoxy) is 2. The Balaban J connectivity index is 2.18. The van der Waals surface area contributed by atoms with Crippen LogP contribution in [0, 0.1) is 0 Å². The zero-order chi connectivity index (χ0) is 18.2. The number of carboxylic acid groups (broad SMARTS) is 1. The molecule has 0 radical (unpaired) electrons. The number of halogens is 2.